The maximum Gasteiger partial charge on any atom is 0.417 e. The third-order valence-electron chi connectivity index (χ3n) is 5.06. The lowest BCUT2D eigenvalue weighted by molar-refractivity contribution is -0.138. The van der Waals surface area contributed by atoms with Crippen molar-refractivity contribution in [3.63, 3.8) is 0 Å². The summed E-state index contributed by atoms with van der Waals surface area (Å²) in [5.74, 6) is -0.821. The van der Waals surface area contributed by atoms with Gasteiger partial charge in [0, 0.05) is 25.0 Å². The lowest BCUT2D eigenvalue weighted by Gasteiger charge is -2.21. The highest BCUT2D eigenvalue weighted by molar-refractivity contribution is 6.00. The highest BCUT2D eigenvalue weighted by Crippen LogP contribution is 2.33. The van der Waals surface area contributed by atoms with Crippen LogP contribution in [0.1, 0.15) is 57.6 Å². The number of halogens is 3. The molecular formula is C21H29F3N4O3. The maximum atomic E-state index is 13.2. The van der Waals surface area contributed by atoms with Gasteiger partial charge in [-0.2, -0.15) is 18.2 Å². The van der Waals surface area contributed by atoms with Crippen molar-refractivity contribution in [1.29, 1.82) is 0 Å². The summed E-state index contributed by atoms with van der Waals surface area (Å²) < 4.78 is 40.3. The average Bonchev–Trinajstić information content (AvgIpc) is 3.15. The lowest BCUT2D eigenvalue weighted by Crippen LogP contribution is -2.32. The molecule has 7 nitrogen and oxygen atoms in total. The molecule has 0 saturated heterocycles. The van der Waals surface area contributed by atoms with Crippen LogP contribution in [-0.4, -0.2) is 33.6 Å². The van der Waals surface area contributed by atoms with Crippen LogP contribution in [0.15, 0.2) is 40.4 Å². The first-order chi connectivity index (χ1) is 14.4. The van der Waals surface area contributed by atoms with E-state index in [-0.39, 0.29) is 24.7 Å². The molecule has 0 bridgehead atoms. The summed E-state index contributed by atoms with van der Waals surface area (Å²) in [6.07, 6.45) is 2.61. The minimum absolute atomic E-state index is 0.121. The van der Waals surface area contributed by atoms with Gasteiger partial charge in [0.15, 0.2) is 0 Å². The molecule has 31 heavy (non-hydrogen) atoms. The molecular weight excluding hydrogens is 413 g/mol. The SMILES string of the molecule is CC(C)(O)CN/C=C\C(N)=NC(=O)C(CC1CCCC1)n1cc(C(F)(F)F)ccc1=O. The topological polar surface area (TPSA) is 110 Å². The number of hydrogen-bond donors (Lipinski definition) is 3. The second-order valence-corrected chi connectivity index (χ2v) is 8.46. The summed E-state index contributed by atoms with van der Waals surface area (Å²) in [5, 5.41) is 12.4. The van der Waals surface area contributed by atoms with E-state index in [1.54, 1.807) is 13.8 Å². The molecule has 0 radical (unpaired) electrons. The maximum absolute atomic E-state index is 13.2. The van der Waals surface area contributed by atoms with E-state index < -0.39 is 34.8 Å². The van der Waals surface area contributed by atoms with E-state index >= 15 is 0 Å². The van der Waals surface area contributed by atoms with Gasteiger partial charge in [-0.05, 0) is 38.3 Å². The largest absolute Gasteiger partial charge is 0.417 e. The van der Waals surface area contributed by atoms with Crippen molar-refractivity contribution >= 4 is 11.7 Å². The van der Waals surface area contributed by atoms with Crippen molar-refractivity contribution in [1.82, 2.24) is 9.88 Å². The highest BCUT2D eigenvalue weighted by Gasteiger charge is 2.33. The molecule has 1 aromatic heterocycles. The molecule has 1 saturated carbocycles. The quantitative estimate of drug-likeness (QED) is 0.424. The highest BCUT2D eigenvalue weighted by atomic mass is 19.4. The molecule has 1 unspecified atom stereocenters. The predicted octanol–water partition coefficient (Wildman–Crippen LogP) is 2.75. The molecule has 10 heteroatoms. The number of amidine groups is 1. The van der Waals surface area contributed by atoms with Gasteiger partial charge in [0.1, 0.15) is 11.9 Å². The number of rotatable bonds is 8. The second kappa shape index (κ2) is 10.1. The molecule has 1 atom stereocenters. The Hall–Kier alpha value is -2.62. The molecule has 2 rings (SSSR count). The first-order valence-electron chi connectivity index (χ1n) is 10.2. The minimum Gasteiger partial charge on any atom is -0.389 e. The third-order valence-corrected chi connectivity index (χ3v) is 5.06. The smallest absolute Gasteiger partial charge is 0.389 e. The number of carbonyl (C=O) groups is 1. The molecule has 0 aromatic carbocycles. The van der Waals surface area contributed by atoms with Crippen LogP contribution in [0, 0.1) is 5.92 Å². The van der Waals surface area contributed by atoms with E-state index in [0.717, 1.165) is 36.3 Å². The number of aliphatic imine (C=N–C) groups is 1. The molecule has 1 heterocycles. The van der Waals surface area contributed by atoms with E-state index in [0.29, 0.717) is 12.3 Å². The first-order valence-corrected chi connectivity index (χ1v) is 10.2. The van der Waals surface area contributed by atoms with Gasteiger partial charge in [-0.3, -0.25) is 9.59 Å². The average molecular weight is 442 g/mol. The summed E-state index contributed by atoms with van der Waals surface area (Å²) in [5.41, 5.74) is 3.08. The van der Waals surface area contributed by atoms with Gasteiger partial charge in [0.2, 0.25) is 0 Å². The van der Waals surface area contributed by atoms with Crippen LogP contribution in [-0.2, 0) is 11.0 Å². The number of aliphatic hydroxyl groups is 1. The van der Waals surface area contributed by atoms with Crippen LogP contribution in [0.5, 0.6) is 0 Å². The summed E-state index contributed by atoms with van der Waals surface area (Å²) >= 11 is 0. The Balaban J connectivity index is 2.28. The first kappa shape index (κ1) is 24.6. The zero-order chi connectivity index (χ0) is 23.2. The molecule has 1 amide bonds. The van der Waals surface area contributed by atoms with Gasteiger partial charge >= 0.3 is 6.18 Å². The molecule has 1 aliphatic rings. The van der Waals surface area contributed by atoms with Crippen LogP contribution in [0.25, 0.3) is 0 Å². The minimum atomic E-state index is -4.65. The van der Waals surface area contributed by atoms with Crippen LogP contribution in [0.2, 0.25) is 0 Å². The van der Waals surface area contributed by atoms with Gasteiger partial charge in [-0.1, -0.05) is 25.7 Å². The van der Waals surface area contributed by atoms with Crippen molar-refractivity contribution in [2.75, 3.05) is 6.54 Å². The number of aromatic nitrogens is 1. The monoisotopic (exact) mass is 442 g/mol. The van der Waals surface area contributed by atoms with Gasteiger partial charge in [-0.15, -0.1) is 0 Å². The van der Waals surface area contributed by atoms with Gasteiger partial charge < -0.3 is 20.7 Å². The van der Waals surface area contributed by atoms with Crippen molar-refractivity contribution in [2.24, 2.45) is 16.6 Å². The van der Waals surface area contributed by atoms with E-state index in [4.69, 9.17) is 5.73 Å². The number of alkyl halides is 3. The Morgan fingerprint density at radius 3 is 2.58 bits per heavy atom. The molecule has 172 valence electrons. The van der Waals surface area contributed by atoms with E-state index in [2.05, 4.69) is 10.3 Å². The third kappa shape index (κ3) is 7.86. The number of pyridine rings is 1. The van der Waals surface area contributed by atoms with E-state index in [9.17, 15) is 27.9 Å². The van der Waals surface area contributed by atoms with Crippen LogP contribution >= 0.6 is 0 Å². The number of nitrogens with one attached hydrogen (secondary N) is 1. The number of hydrogen-bond acceptors (Lipinski definition) is 4. The molecule has 4 N–H and O–H groups in total. The second-order valence-electron chi connectivity index (χ2n) is 8.46. The fourth-order valence-electron chi connectivity index (χ4n) is 3.50. The summed E-state index contributed by atoms with van der Waals surface area (Å²) in [4.78, 5) is 29.0. The van der Waals surface area contributed by atoms with Crippen LogP contribution < -0.4 is 16.6 Å². The van der Waals surface area contributed by atoms with Crippen molar-refractivity contribution in [3.8, 4) is 0 Å². The van der Waals surface area contributed by atoms with Gasteiger partial charge in [0.25, 0.3) is 11.5 Å². The van der Waals surface area contributed by atoms with Crippen LogP contribution in [0.4, 0.5) is 13.2 Å². The molecule has 0 spiro atoms. The zero-order valence-corrected chi connectivity index (χ0v) is 17.7. The van der Waals surface area contributed by atoms with Gasteiger partial charge in [-0.25, -0.2) is 0 Å². The Morgan fingerprint density at radius 2 is 2.00 bits per heavy atom. The Kier molecular flexibility index (Phi) is 8.05. The van der Waals surface area contributed by atoms with Crippen molar-refractivity contribution < 1.29 is 23.1 Å². The normalized spacial score (nSPS) is 17.3. The Labute approximate surface area is 178 Å². The standard InChI is InChI=1S/C21H29F3N4O3/c1-20(2,31)13-26-10-9-17(25)27-19(30)16(11-14-5-3-4-6-14)28-12-15(21(22,23)24)7-8-18(28)29/h7-10,12,14,16,26,31H,3-6,11,13H2,1-2H3,(H2,25,27,30)/b10-9-. The summed E-state index contributed by atoms with van der Waals surface area (Å²) in [6, 6.07) is 0.338. The predicted molar refractivity (Wildman–Crippen MR) is 111 cm³/mol. The van der Waals surface area contributed by atoms with Crippen molar-refractivity contribution in [2.45, 2.75) is 63.8 Å². The number of amides is 1. The number of nitrogens with zero attached hydrogens (tertiary/aromatic N) is 2. The molecule has 1 aliphatic carbocycles. The van der Waals surface area contributed by atoms with E-state index in [1.807, 2.05) is 0 Å². The number of carbonyl (C=O) groups excluding carboxylic acids is 1. The van der Waals surface area contributed by atoms with Gasteiger partial charge in [0.05, 0.1) is 11.2 Å². The van der Waals surface area contributed by atoms with Crippen LogP contribution in [0.3, 0.4) is 0 Å². The number of nitrogens with two attached hydrogens (primary N) is 1. The molecule has 1 fully saturated rings. The Bertz CT molecular complexity index is 879. The summed E-state index contributed by atoms with van der Waals surface area (Å²) in [7, 11) is 0. The zero-order valence-electron chi connectivity index (χ0n) is 17.7. The Morgan fingerprint density at radius 1 is 1.35 bits per heavy atom. The summed E-state index contributed by atoms with van der Waals surface area (Å²) in [6.45, 7) is 3.44. The van der Waals surface area contributed by atoms with Crippen molar-refractivity contribution in [3.05, 3.63) is 46.5 Å². The fraction of sp³-hybridized carbons (Fsp3) is 0.571. The van der Waals surface area contributed by atoms with E-state index in [1.165, 1.54) is 12.3 Å². The lowest BCUT2D eigenvalue weighted by atomic mass is 9.97. The molecule has 1 aromatic rings. The molecule has 0 aliphatic heterocycles. The fourth-order valence-corrected chi connectivity index (χ4v) is 3.50.